The first-order chi connectivity index (χ1) is 13.4. The first-order valence-corrected chi connectivity index (χ1v) is 10.8. The van der Waals surface area contributed by atoms with Crippen molar-refractivity contribution >= 4 is 67.4 Å². The minimum Gasteiger partial charge on any atom is -0.376 e. The molecular formula is C20H17Cl3N2O2S. The molecule has 2 aromatic carbocycles. The number of rotatable bonds is 4. The SMILES string of the molecule is Cc1c(Cl)ccc2sc(N(CC3CCCO3)C(=O)c3cc(Cl)ccc3Cl)nc12. The average molecular weight is 456 g/mol. The van der Waals surface area contributed by atoms with Gasteiger partial charge < -0.3 is 4.74 Å². The van der Waals surface area contributed by atoms with E-state index in [1.54, 1.807) is 23.1 Å². The van der Waals surface area contributed by atoms with E-state index in [1.165, 1.54) is 11.3 Å². The molecule has 0 N–H and O–H groups in total. The largest absolute Gasteiger partial charge is 0.376 e. The van der Waals surface area contributed by atoms with Gasteiger partial charge in [0.2, 0.25) is 0 Å². The van der Waals surface area contributed by atoms with Crippen molar-refractivity contribution in [2.75, 3.05) is 18.1 Å². The quantitative estimate of drug-likeness (QED) is 0.458. The smallest absolute Gasteiger partial charge is 0.261 e. The molecule has 1 atom stereocenters. The third kappa shape index (κ3) is 3.87. The summed E-state index contributed by atoms with van der Waals surface area (Å²) in [6.07, 6.45) is 1.86. The number of aryl methyl sites for hydroxylation is 1. The van der Waals surface area contributed by atoms with Crippen LogP contribution in [0.4, 0.5) is 5.13 Å². The Morgan fingerprint density at radius 2 is 2.04 bits per heavy atom. The number of amides is 1. The number of anilines is 1. The Bertz CT molecular complexity index is 1050. The second kappa shape index (κ2) is 8.17. The summed E-state index contributed by atoms with van der Waals surface area (Å²) in [4.78, 5) is 19.8. The van der Waals surface area contributed by atoms with Crippen molar-refractivity contribution in [3.05, 3.63) is 56.5 Å². The van der Waals surface area contributed by atoms with E-state index in [4.69, 9.17) is 44.5 Å². The van der Waals surface area contributed by atoms with Gasteiger partial charge in [0.05, 0.1) is 33.5 Å². The zero-order valence-corrected chi connectivity index (χ0v) is 18.1. The van der Waals surface area contributed by atoms with Gasteiger partial charge in [0.25, 0.3) is 5.91 Å². The molecule has 1 fully saturated rings. The molecule has 8 heteroatoms. The fraction of sp³-hybridized carbons (Fsp3) is 0.300. The molecule has 0 aliphatic carbocycles. The zero-order valence-electron chi connectivity index (χ0n) is 15.0. The summed E-state index contributed by atoms with van der Waals surface area (Å²) in [5.41, 5.74) is 2.04. The Labute approximate surface area is 182 Å². The number of nitrogens with zero attached hydrogens (tertiary/aromatic N) is 2. The number of carbonyl (C=O) groups is 1. The van der Waals surface area contributed by atoms with Crippen molar-refractivity contribution < 1.29 is 9.53 Å². The van der Waals surface area contributed by atoms with Crippen LogP contribution >= 0.6 is 46.1 Å². The number of benzene rings is 2. The summed E-state index contributed by atoms with van der Waals surface area (Å²) in [6.45, 7) is 3.04. The topological polar surface area (TPSA) is 42.4 Å². The average Bonchev–Trinajstić information content (AvgIpc) is 3.34. The summed E-state index contributed by atoms with van der Waals surface area (Å²) in [7, 11) is 0. The van der Waals surface area contributed by atoms with E-state index in [0.29, 0.717) is 38.9 Å². The molecular weight excluding hydrogens is 439 g/mol. The molecule has 4 nitrogen and oxygen atoms in total. The van der Waals surface area contributed by atoms with E-state index in [1.807, 2.05) is 19.1 Å². The number of ether oxygens (including phenoxy) is 1. The molecule has 2 heterocycles. The van der Waals surface area contributed by atoms with Crippen LogP contribution in [-0.4, -0.2) is 30.1 Å². The molecule has 28 heavy (non-hydrogen) atoms. The fourth-order valence-corrected chi connectivity index (χ4v) is 4.81. The molecule has 1 unspecified atom stereocenters. The molecule has 0 bridgehead atoms. The van der Waals surface area contributed by atoms with Gasteiger partial charge in [-0.2, -0.15) is 0 Å². The maximum absolute atomic E-state index is 13.4. The van der Waals surface area contributed by atoms with Crippen molar-refractivity contribution in [1.29, 1.82) is 0 Å². The van der Waals surface area contributed by atoms with Crippen LogP contribution in [0, 0.1) is 6.92 Å². The molecule has 4 rings (SSSR count). The van der Waals surface area contributed by atoms with Crippen LogP contribution in [0.15, 0.2) is 30.3 Å². The van der Waals surface area contributed by atoms with Gasteiger partial charge >= 0.3 is 0 Å². The van der Waals surface area contributed by atoms with Gasteiger partial charge in [-0.25, -0.2) is 4.98 Å². The monoisotopic (exact) mass is 454 g/mol. The molecule has 1 amide bonds. The first-order valence-electron chi connectivity index (χ1n) is 8.88. The van der Waals surface area contributed by atoms with Gasteiger partial charge in [-0.3, -0.25) is 9.69 Å². The summed E-state index contributed by atoms with van der Waals surface area (Å²) < 4.78 is 6.74. The molecule has 1 aromatic heterocycles. The predicted molar refractivity (Wildman–Crippen MR) is 116 cm³/mol. The molecule has 1 aliphatic heterocycles. The lowest BCUT2D eigenvalue weighted by molar-refractivity contribution is 0.0917. The molecule has 1 aliphatic rings. The zero-order chi connectivity index (χ0) is 19.8. The van der Waals surface area contributed by atoms with Crippen molar-refractivity contribution in [3.8, 4) is 0 Å². The fourth-order valence-electron chi connectivity index (χ4n) is 3.25. The van der Waals surface area contributed by atoms with E-state index in [9.17, 15) is 4.79 Å². The van der Waals surface area contributed by atoms with Gasteiger partial charge in [0, 0.05) is 16.7 Å². The standard InChI is InChI=1S/C20H17Cl3N2O2S/c1-11-15(22)6-7-17-18(11)24-20(28-17)25(10-13-3-2-8-27-13)19(26)14-9-12(21)4-5-16(14)23/h4-7,9,13H,2-3,8,10H2,1H3. The molecule has 146 valence electrons. The van der Waals surface area contributed by atoms with Crippen molar-refractivity contribution in [3.63, 3.8) is 0 Å². The number of fused-ring (bicyclic) bond motifs is 1. The van der Waals surface area contributed by atoms with E-state index in [0.717, 1.165) is 28.6 Å². The summed E-state index contributed by atoms with van der Waals surface area (Å²) >= 11 is 20.1. The molecule has 0 spiro atoms. The lowest BCUT2D eigenvalue weighted by atomic mass is 10.1. The van der Waals surface area contributed by atoms with Crippen LogP contribution in [-0.2, 0) is 4.74 Å². The minimum atomic E-state index is -0.245. The number of aromatic nitrogens is 1. The first kappa shape index (κ1) is 19.9. The third-order valence-electron chi connectivity index (χ3n) is 4.78. The third-order valence-corrected chi connectivity index (χ3v) is 6.80. The summed E-state index contributed by atoms with van der Waals surface area (Å²) in [6, 6.07) is 8.65. The maximum Gasteiger partial charge on any atom is 0.261 e. The second-order valence-corrected chi connectivity index (χ2v) is 8.95. The van der Waals surface area contributed by atoms with E-state index < -0.39 is 0 Å². The number of hydrogen-bond donors (Lipinski definition) is 0. The summed E-state index contributed by atoms with van der Waals surface area (Å²) in [5, 5.41) is 2.06. The molecule has 1 saturated heterocycles. The molecule has 0 radical (unpaired) electrons. The van der Waals surface area contributed by atoms with Crippen molar-refractivity contribution in [2.45, 2.75) is 25.9 Å². The normalized spacial score (nSPS) is 16.6. The Morgan fingerprint density at radius 3 is 2.79 bits per heavy atom. The Morgan fingerprint density at radius 1 is 1.25 bits per heavy atom. The van der Waals surface area contributed by atoms with Gasteiger partial charge in [-0.05, 0) is 55.7 Å². The number of hydrogen-bond acceptors (Lipinski definition) is 4. The number of halogens is 3. The Balaban J connectivity index is 1.78. The van der Waals surface area contributed by atoms with Gasteiger partial charge in [-0.15, -0.1) is 0 Å². The Kier molecular flexibility index (Phi) is 5.81. The maximum atomic E-state index is 13.4. The van der Waals surface area contributed by atoms with Crippen molar-refractivity contribution in [2.24, 2.45) is 0 Å². The highest BCUT2D eigenvalue weighted by Crippen LogP contribution is 2.35. The van der Waals surface area contributed by atoms with E-state index >= 15 is 0 Å². The van der Waals surface area contributed by atoms with E-state index in [2.05, 4.69) is 0 Å². The highest BCUT2D eigenvalue weighted by atomic mass is 35.5. The van der Waals surface area contributed by atoms with Gasteiger partial charge in [-0.1, -0.05) is 46.1 Å². The Hall–Kier alpha value is -1.37. The van der Waals surface area contributed by atoms with Gasteiger partial charge in [0.15, 0.2) is 5.13 Å². The number of carbonyl (C=O) groups excluding carboxylic acids is 1. The highest BCUT2D eigenvalue weighted by Gasteiger charge is 2.28. The van der Waals surface area contributed by atoms with Gasteiger partial charge in [0.1, 0.15) is 0 Å². The minimum absolute atomic E-state index is 0.0291. The van der Waals surface area contributed by atoms with Crippen LogP contribution in [0.2, 0.25) is 15.1 Å². The predicted octanol–water partition coefficient (Wildman–Crippen LogP) is 6.39. The second-order valence-electron chi connectivity index (χ2n) is 6.69. The number of thiazole rings is 1. The van der Waals surface area contributed by atoms with Crippen LogP contribution in [0.3, 0.4) is 0 Å². The lowest BCUT2D eigenvalue weighted by Crippen LogP contribution is -2.37. The molecule has 3 aromatic rings. The van der Waals surface area contributed by atoms with Crippen LogP contribution in [0.25, 0.3) is 10.2 Å². The highest BCUT2D eigenvalue weighted by molar-refractivity contribution is 7.22. The van der Waals surface area contributed by atoms with Crippen LogP contribution < -0.4 is 4.90 Å². The lowest BCUT2D eigenvalue weighted by Gasteiger charge is -2.23. The molecule has 0 saturated carbocycles. The van der Waals surface area contributed by atoms with Crippen LogP contribution in [0.1, 0.15) is 28.8 Å². The van der Waals surface area contributed by atoms with Crippen LogP contribution in [0.5, 0.6) is 0 Å². The summed E-state index contributed by atoms with van der Waals surface area (Å²) in [5.74, 6) is -0.245. The van der Waals surface area contributed by atoms with Crippen molar-refractivity contribution in [1.82, 2.24) is 4.98 Å². The van der Waals surface area contributed by atoms with E-state index in [-0.39, 0.29) is 12.0 Å².